The maximum atomic E-state index is 9.85. The lowest BCUT2D eigenvalue weighted by atomic mass is 10.0. The molecule has 0 bridgehead atoms. The number of rotatable bonds is 8. The number of hydrogen-bond acceptors (Lipinski definition) is 6. The fourth-order valence-corrected chi connectivity index (χ4v) is 4.07. The van der Waals surface area contributed by atoms with Crippen LogP contribution in [0.15, 0.2) is 60.9 Å². The standard InChI is InChI=1S/C27H29N5O2/c1-20(34)27-29-14-16-32(27)26(19-33)12-5-21-3-6-22(7-4-21)23-8-10-24(11-9-23)30-25-17-31(18-25)15-2-13-28/h3-4,6-11,14,16,20,25-26,30,33-34H,2,15,17-19H2,1H3/t20-,26-/m0/s1. The van der Waals surface area contributed by atoms with Crippen molar-refractivity contribution in [3.8, 4) is 29.0 Å². The van der Waals surface area contributed by atoms with Crippen LogP contribution < -0.4 is 5.32 Å². The van der Waals surface area contributed by atoms with Crippen LogP contribution in [0.5, 0.6) is 0 Å². The van der Waals surface area contributed by atoms with Gasteiger partial charge < -0.3 is 20.1 Å². The summed E-state index contributed by atoms with van der Waals surface area (Å²) in [5, 5.41) is 31.8. The van der Waals surface area contributed by atoms with Gasteiger partial charge in [0.1, 0.15) is 18.0 Å². The van der Waals surface area contributed by atoms with Crippen molar-refractivity contribution >= 4 is 5.69 Å². The van der Waals surface area contributed by atoms with Gasteiger partial charge in [0.2, 0.25) is 0 Å². The lowest BCUT2D eigenvalue weighted by molar-refractivity contribution is 0.166. The smallest absolute Gasteiger partial charge is 0.138 e. The Balaban J connectivity index is 1.36. The van der Waals surface area contributed by atoms with Crippen molar-refractivity contribution in [2.45, 2.75) is 31.5 Å². The minimum Gasteiger partial charge on any atom is -0.393 e. The molecule has 7 nitrogen and oxygen atoms in total. The van der Waals surface area contributed by atoms with Gasteiger partial charge in [-0.05, 0) is 42.3 Å². The van der Waals surface area contributed by atoms with E-state index in [2.05, 4.69) is 57.4 Å². The first kappa shape index (κ1) is 23.5. The number of aromatic nitrogens is 2. The monoisotopic (exact) mass is 455 g/mol. The highest BCUT2D eigenvalue weighted by Gasteiger charge is 2.25. The summed E-state index contributed by atoms with van der Waals surface area (Å²) < 4.78 is 1.70. The Morgan fingerprint density at radius 1 is 1.12 bits per heavy atom. The zero-order chi connectivity index (χ0) is 23.9. The van der Waals surface area contributed by atoms with Crippen LogP contribution in [-0.4, -0.2) is 56.9 Å². The average molecular weight is 456 g/mol. The molecular weight excluding hydrogens is 426 g/mol. The minimum absolute atomic E-state index is 0.166. The molecule has 1 saturated heterocycles. The molecule has 34 heavy (non-hydrogen) atoms. The summed E-state index contributed by atoms with van der Waals surface area (Å²) in [5.41, 5.74) is 4.18. The van der Waals surface area contributed by atoms with Gasteiger partial charge in [0.15, 0.2) is 0 Å². The van der Waals surface area contributed by atoms with Gasteiger partial charge in [-0.15, -0.1) is 0 Å². The van der Waals surface area contributed by atoms with E-state index >= 15 is 0 Å². The number of aliphatic hydroxyl groups excluding tert-OH is 2. The number of imidazole rings is 1. The molecule has 0 saturated carbocycles. The molecule has 0 unspecified atom stereocenters. The van der Waals surface area contributed by atoms with Crippen LogP contribution in [0.4, 0.5) is 5.69 Å². The van der Waals surface area contributed by atoms with Crippen molar-refractivity contribution in [2.75, 3.05) is 31.6 Å². The molecule has 0 aliphatic carbocycles. The number of hydrogen-bond donors (Lipinski definition) is 3. The predicted octanol–water partition coefficient (Wildman–Crippen LogP) is 3.20. The third-order valence-corrected chi connectivity index (χ3v) is 5.94. The van der Waals surface area contributed by atoms with Gasteiger partial charge in [0.25, 0.3) is 0 Å². The Labute approximate surface area is 200 Å². The van der Waals surface area contributed by atoms with E-state index in [0.717, 1.165) is 42.0 Å². The number of nitriles is 1. The summed E-state index contributed by atoms with van der Waals surface area (Å²) in [5.74, 6) is 6.68. The summed E-state index contributed by atoms with van der Waals surface area (Å²) in [4.78, 5) is 6.43. The van der Waals surface area contributed by atoms with Gasteiger partial charge >= 0.3 is 0 Å². The van der Waals surface area contributed by atoms with Crippen LogP contribution in [0.3, 0.4) is 0 Å². The maximum absolute atomic E-state index is 9.85. The number of likely N-dealkylation sites (tertiary alicyclic amines) is 1. The van der Waals surface area contributed by atoms with Crippen molar-refractivity contribution in [1.29, 1.82) is 5.26 Å². The summed E-state index contributed by atoms with van der Waals surface area (Å²) in [6, 6.07) is 18.6. The van der Waals surface area contributed by atoms with Crippen LogP contribution in [0.2, 0.25) is 0 Å². The Kier molecular flexibility index (Phi) is 7.61. The van der Waals surface area contributed by atoms with Crippen molar-refractivity contribution in [3.63, 3.8) is 0 Å². The topological polar surface area (TPSA) is 97.3 Å². The largest absolute Gasteiger partial charge is 0.393 e. The normalized spacial score (nSPS) is 15.5. The third kappa shape index (κ3) is 5.65. The fraction of sp³-hybridized carbons (Fsp3) is 0.333. The van der Waals surface area contributed by atoms with Crippen molar-refractivity contribution < 1.29 is 10.2 Å². The van der Waals surface area contributed by atoms with E-state index in [1.807, 2.05) is 24.3 Å². The molecule has 0 radical (unpaired) electrons. The third-order valence-electron chi connectivity index (χ3n) is 5.94. The highest BCUT2D eigenvalue weighted by molar-refractivity contribution is 5.67. The van der Waals surface area contributed by atoms with E-state index in [0.29, 0.717) is 18.3 Å². The summed E-state index contributed by atoms with van der Waals surface area (Å²) in [6.45, 7) is 4.28. The van der Waals surface area contributed by atoms with Gasteiger partial charge in [0.05, 0.1) is 18.7 Å². The van der Waals surface area contributed by atoms with Gasteiger partial charge in [-0.25, -0.2) is 4.98 Å². The molecule has 174 valence electrons. The molecule has 2 aromatic carbocycles. The zero-order valence-electron chi connectivity index (χ0n) is 19.2. The maximum Gasteiger partial charge on any atom is 0.138 e. The van der Waals surface area contributed by atoms with E-state index in [1.54, 1.807) is 23.9 Å². The van der Waals surface area contributed by atoms with Gasteiger partial charge in [-0.2, -0.15) is 5.26 Å². The number of aliphatic hydroxyl groups is 2. The Morgan fingerprint density at radius 3 is 2.41 bits per heavy atom. The molecule has 3 aromatic rings. The molecule has 3 N–H and O–H groups in total. The second-order valence-electron chi connectivity index (χ2n) is 8.50. The predicted molar refractivity (Wildman–Crippen MR) is 132 cm³/mol. The van der Waals surface area contributed by atoms with Crippen LogP contribution in [0.25, 0.3) is 11.1 Å². The molecule has 1 aromatic heterocycles. The Bertz CT molecular complexity index is 1180. The number of anilines is 1. The molecule has 1 fully saturated rings. The highest BCUT2D eigenvalue weighted by Crippen LogP contribution is 2.23. The quantitative estimate of drug-likeness (QED) is 0.452. The number of nitrogens with one attached hydrogen (secondary N) is 1. The molecule has 0 spiro atoms. The number of nitrogens with zero attached hydrogens (tertiary/aromatic N) is 4. The number of benzene rings is 2. The summed E-state index contributed by atoms with van der Waals surface area (Å²) in [6.07, 6.45) is 3.17. The van der Waals surface area contributed by atoms with Crippen LogP contribution in [0.1, 0.15) is 36.9 Å². The van der Waals surface area contributed by atoms with Gasteiger partial charge in [0, 0.05) is 49.7 Å². The van der Waals surface area contributed by atoms with Crippen molar-refractivity contribution in [1.82, 2.24) is 14.5 Å². The second kappa shape index (κ2) is 11.0. The first-order valence-corrected chi connectivity index (χ1v) is 11.5. The summed E-state index contributed by atoms with van der Waals surface area (Å²) >= 11 is 0. The Morgan fingerprint density at radius 2 is 1.79 bits per heavy atom. The molecule has 2 atom stereocenters. The average Bonchev–Trinajstić information content (AvgIpc) is 3.32. The molecule has 1 aliphatic heterocycles. The van der Waals surface area contributed by atoms with E-state index in [4.69, 9.17) is 5.26 Å². The van der Waals surface area contributed by atoms with E-state index in [1.165, 1.54) is 0 Å². The molecule has 1 aliphatic rings. The molecular formula is C27H29N5O2. The molecule has 0 amide bonds. The Hall–Kier alpha value is -3.62. The zero-order valence-corrected chi connectivity index (χ0v) is 19.2. The van der Waals surface area contributed by atoms with Crippen LogP contribution >= 0.6 is 0 Å². The van der Waals surface area contributed by atoms with Gasteiger partial charge in [-0.1, -0.05) is 36.1 Å². The fourth-order valence-electron chi connectivity index (χ4n) is 4.07. The SMILES string of the molecule is C[C@H](O)c1nccn1[C@@H](C#Cc1ccc(-c2ccc(NC3CN(CCC#N)C3)cc2)cc1)CO. The van der Waals surface area contributed by atoms with Crippen LogP contribution in [-0.2, 0) is 0 Å². The first-order valence-electron chi connectivity index (χ1n) is 11.5. The first-order chi connectivity index (χ1) is 16.6. The second-order valence-corrected chi connectivity index (χ2v) is 8.50. The van der Waals surface area contributed by atoms with Crippen LogP contribution in [0, 0.1) is 23.2 Å². The van der Waals surface area contributed by atoms with Crippen molar-refractivity contribution in [3.05, 3.63) is 72.3 Å². The van der Waals surface area contributed by atoms with E-state index in [9.17, 15) is 10.2 Å². The van der Waals surface area contributed by atoms with E-state index < -0.39 is 12.1 Å². The lowest BCUT2D eigenvalue weighted by Crippen LogP contribution is -2.54. The van der Waals surface area contributed by atoms with E-state index in [-0.39, 0.29) is 6.61 Å². The van der Waals surface area contributed by atoms with Crippen molar-refractivity contribution in [2.24, 2.45) is 0 Å². The minimum atomic E-state index is -0.732. The van der Waals surface area contributed by atoms with Gasteiger partial charge in [-0.3, -0.25) is 4.90 Å². The molecule has 7 heteroatoms. The highest BCUT2D eigenvalue weighted by atomic mass is 16.3. The lowest BCUT2D eigenvalue weighted by Gasteiger charge is -2.39. The molecule has 4 rings (SSSR count). The summed E-state index contributed by atoms with van der Waals surface area (Å²) in [7, 11) is 0. The molecule has 2 heterocycles.